The van der Waals surface area contributed by atoms with E-state index in [0.29, 0.717) is 0 Å². The third-order valence-corrected chi connectivity index (χ3v) is 3.60. The molecule has 0 unspecified atom stereocenters. The highest BCUT2D eigenvalue weighted by molar-refractivity contribution is 7.09. The Morgan fingerprint density at radius 2 is 2.12 bits per heavy atom. The van der Waals surface area contributed by atoms with Crippen LogP contribution in [0.25, 0.3) is 0 Å². The summed E-state index contributed by atoms with van der Waals surface area (Å²) in [6.45, 7) is 11.3. The van der Waals surface area contributed by atoms with E-state index in [0.717, 1.165) is 45.9 Å². The van der Waals surface area contributed by atoms with E-state index in [2.05, 4.69) is 41.6 Å². The molecule has 0 aliphatic heterocycles. The quantitative estimate of drug-likeness (QED) is 0.650. The highest BCUT2D eigenvalue weighted by Gasteiger charge is 1.97. The molecule has 0 bridgehead atoms. The fourth-order valence-corrected chi connectivity index (χ4v) is 2.25. The van der Waals surface area contributed by atoms with Crippen molar-refractivity contribution in [2.75, 3.05) is 39.3 Å². The zero-order valence-corrected chi connectivity index (χ0v) is 11.8. The summed E-state index contributed by atoms with van der Waals surface area (Å²) in [5, 5.41) is 5.49. The number of rotatable bonds is 10. The fraction of sp³-hybridized carbons (Fsp3) is 0.692. The molecular weight excluding hydrogens is 232 g/mol. The van der Waals surface area contributed by atoms with E-state index in [-0.39, 0.29) is 0 Å². The first-order valence-electron chi connectivity index (χ1n) is 6.40. The van der Waals surface area contributed by atoms with Gasteiger partial charge in [-0.1, -0.05) is 19.9 Å². The van der Waals surface area contributed by atoms with Crippen LogP contribution in [0.4, 0.5) is 0 Å². The lowest BCUT2D eigenvalue weighted by molar-refractivity contribution is 0.124. The largest absolute Gasteiger partial charge is 0.375 e. The Bertz CT molecular complexity index is 260. The third kappa shape index (κ3) is 6.78. The van der Waals surface area contributed by atoms with Gasteiger partial charge in [-0.05, 0) is 24.5 Å². The molecule has 0 fully saturated rings. The number of hydrogen-bond acceptors (Lipinski definition) is 4. The molecule has 1 heterocycles. The van der Waals surface area contributed by atoms with Crippen LogP contribution in [0.3, 0.4) is 0 Å². The van der Waals surface area contributed by atoms with Crippen molar-refractivity contribution in [2.45, 2.75) is 20.5 Å². The zero-order valence-electron chi connectivity index (χ0n) is 10.9. The molecule has 0 amide bonds. The molecular formula is C13H24N2OS. The first kappa shape index (κ1) is 14.6. The van der Waals surface area contributed by atoms with Gasteiger partial charge in [0.1, 0.15) is 0 Å². The van der Waals surface area contributed by atoms with E-state index in [4.69, 9.17) is 4.74 Å². The normalized spacial score (nSPS) is 11.2. The van der Waals surface area contributed by atoms with Crippen LogP contribution in [0.15, 0.2) is 17.5 Å². The van der Waals surface area contributed by atoms with Crippen molar-refractivity contribution in [2.24, 2.45) is 0 Å². The van der Waals surface area contributed by atoms with Gasteiger partial charge in [0, 0.05) is 24.5 Å². The van der Waals surface area contributed by atoms with Gasteiger partial charge < -0.3 is 15.0 Å². The van der Waals surface area contributed by atoms with Gasteiger partial charge in [-0.2, -0.15) is 0 Å². The summed E-state index contributed by atoms with van der Waals surface area (Å²) >= 11 is 1.75. The molecule has 1 rings (SSSR count). The molecule has 0 saturated heterocycles. The maximum Gasteiger partial charge on any atom is 0.0809 e. The summed E-state index contributed by atoms with van der Waals surface area (Å²) in [5.41, 5.74) is 0. The standard InChI is InChI=1S/C13H24N2OS/c1-3-15(4-2)9-7-14-8-10-16-12-13-6-5-11-17-13/h5-6,11,14H,3-4,7-10,12H2,1-2H3. The molecule has 4 heteroatoms. The SMILES string of the molecule is CCN(CC)CCNCCOCc1cccs1. The second-order valence-corrected chi connectivity index (χ2v) is 4.94. The number of nitrogens with zero attached hydrogens (tertiary/aromatic N) is 1. The van der Waals surface area contributed by atoms with Crippen molar-refractivity contribution < 1.29 is 4.74 Å². The summed E-state index contributed by atoms with van der Waals surface area (Å²) in [4.78, 5) is 3.72. The molecule has 1 N–H and O–H groups in total. The molecule has 1 aromatic heterocycles. The Morgan fingerprint density at radius 1 is 1.29 bits per heavy atom. The number of ether oxygens (including phenoxy) is 1. The van der Waals surface area contributed by atoms with E-state index in [1.54, 1.807) is 11.3 Å². The smallest absolute Gasteiger partial charge is 0.0809 e. The van der Waals surface area contributed by atoms with Crippen molar-refractivity contribution in [3.05, 3.63) is 22.4 Å². The third-order valence-electron chi connectivity index (χ3n) is 2.75. The Hall–Kier alpha value is -0.420. The lowest BCUT2D eigenvalue weighted by Gasteiger charge is -2.17. The first-order valence-corrected chi connectivity index (χ1v) is 7.28. The second kappa shape index (κ2) is 9.59. The summed E-state index contributed by atoms with van der Waals surface area (Å²) in [6, 6.07) is 4.17. The first-order chi connectivity index (χ1) is 8.36. The van der Waals surface area contributed by atoms with E-state index < -0.39 is 0 Å². The molecule has 98 valence electrons. The summed E-state index contributed by atoms with van der Waals surface area (Å²) in [7, 11) is 0. The summed E-state index contributed by atoms with van der Waals surface area (Å²) in [6.07, 6.45) is 0. The molecule has 0 atom stereocenters. The minimum atomic E-state index is 0.745. The van der Waals surface area contributed by atoms with Gasteiger partial charge in [0.05, 0.1) is 13.2 Å². The lowest BCUT2D eigenvalue weighted by atomic mass is 10.4. The average Bonchev–Trinajstić information content (AvgIpc) is 2.86. The number of nitrogens with one attached hydrogen (secondary N) is 1. The van der Waals surface area contributed by atoms with Gasteiger partial charge in [0.15, 0.2) is 0 Å². The monoisotopic (exact) mass is 256 g/mol. The summed E-state index contributed by atoms with van der Waals surface area (Å²) in [5.74, 6) is 0. The highest BCUT2D eigenvalue weighted by atomic mass is 32.1. The van der Waals surface area contributed by atoms with Gasteiger partial charge in [-0.15, -0.1) is 11.3 Å². The predicted octanol–water partition coefficient (Wildman–Crippen LogP) is 2.20. The Morgan fingerprint density at radius 3 is 2.76 bits per heavy atom. The van der Waals surface area contributed by atoms with Crippen LogP contribution in [-0.4, -0.2) is 44.2 Å². The van der Waals surface area contributed by atoms with Crippen molar-refractivity contribution in [3.63, 3.8) is 0 Å². The highest BCUT2D eigenvalue weighted by Crippen LogP contribution is 2.08. The molecule has 1 aromatic rings. The van der Waals surface area contributed by atoms with Crippen LogP contribution in [0.5, 0.6) is 0 Å². The molecule has 0 aromatic carbocycles. The predicted molar refractivity (Wildman–Crippen MR) is 74.6 cm³/mol. The molecule has 0 aliphatic carbocycles. The maximum absolute atomic E-state index is 5.57. The number of likely N-dealkylation sites (N-methyl/N-ethyl adjacent to an activating group) is 1. The van der Waals surface area contributed by atoms with Crippen LogP contribution < -0.4 is 5.32 Å². The minimum absolute atomic E-state index is 0.745. The Kier molecular flexibility index (Phi) is 8.26. The lowest BCUT2D eigenvalue weighted by Crippen LogP contribution is -2.33. The molecule has 0 spiro atoms. The van der Waals surface area contributed by atoms with E-state index in [1.807, 2.05) is 0 Å². The topological polar surface area (TPSA) is 24.5 Å². The fourth-order valence-electron chi connectivity index (χ4n) is 1.61. The van der Waals surface area contributed by atoms with E-state index in [9.17, 15) is 0 Å². The van der Waals surface area contributed by atoms with Crippen molar-refractivity contribution in [3.8, 4) is 0 Å². The Balaban J connectivity index is 1.87. The van der Waals surface area contributed by atoms with Crippen LogP contribution in [0.2, 0.25) is 0 Å². The molecule has 0 radical (unpaired) electrons. The summed E-state index contributed by atoms with van der Waals surface area (Å²) < 4.78 is 5.57. The van der Waals surface area contributed by atoms with Crippen LogP contribution >= 0.6 is 11.3 Å². The van der Waals surface area contributed by atoms with Gasteiger partial charge in [-0.3, -0.25) is 0 Å². The second-order valence-electron chi connectivity index (χ2n) is 3.91. The van der Waals surface area contributed by atoms with Crippen molar-refractivity contribution in [1.82, 2.24) is 10.2 Å². The Labute approximate surface area is 109 Å². The van der Waals surface area contributed by atoms with Crippen LogP contribution in [0, 0.1) is 0 Å². The molecule has 17 heavy (non-hydrogen) atoms. The number of hydrogen-bond donors (Lipinski definition) is 1. The van der Waals surface area contributed by atoms with Gasteiger partial charge in [0.25, 0.3) is 0 Å². The van der Waals surface area contributed by atoms with Crippen LogP contribution in [0.1, 0.15) is 18.7 Å². The minimum Gasteiger partial charge on any atom is -0.375 e. The number of thiophene rings is 1. The molecule has 3 nitrogen and oxygen atoms in total. The zero-order chi connectivity index (χ0) is 12.3. The maximum atomic E-state index is 5.57. The van der Waals surface area contributed by atoms with E-state index >= 15 is 0 Å². The van der Waals surface area contributed by atoms with Gasteiger partial charge in [-0.25, -0.2) is 0 Å². The van der Waals surface area contributed by atoms with E-state index in [1.165, 1.54) is 4.88 Å². The van der Waals surface area contributed by atoms with Gasteiger partial charge in [0.2, 0.25) is 0 Å². The van der Waals surface area contributed by atoms with Gasteiger partial charge >= 0.3 is 0 Å². The van der Waals surface area contributed by atoms with Crippen molar-refractivity contribution in [1.29, 1.82) is 0 Å². The van der Waals surface area contributed by atoms with Crippen molar-refractivity contribution >= 4 is 11.3 Å². The molecule has 0 aliphatic rings. The van der Waals surface area contributed by atoms with Crippen LogP contribution in [-0.2, 0) is 11.3 Å². The average molecular weight is 256 g/mol. The molecule has 0 saturated carbocycles.